The highest BCUT2D eigenvalue weighted by Gasteiger charge is 2.12. The second-order valence-electron chi connectivity index (χ2n) is 4.08. The Bertz CT molecular complexity index is 695. The summed E-state index contributed by atoms with van der Waals surface area (Å²) < 4.78 is 0. The number of carbonyl (C=O) groups excluding carboxylic acids is 1. The number of halogens is 1. The molecule has 0 spiro atoms. The van der Waals surface area contributed by atoms with E-state index in [0.29, 0.717) is 22.1 Å². The van der Waals surface area contributed by atoms with Gasteiger partial charge in [0, 0.05) is 23.0 Å². The molecule has 2 rings (SSSR count). The number of amides is 1. The van der Waals surface area contributed by atoms with Gasteiger partial charge in [-0.2, -0.15) is 0 Å². The molecule has 0 fully saturated rings. The van der Waals surface area contributed by atoms with Crippen molar-refractivity contribution in [2.75, 3.05) is 11.1 Å². The van der Waals surface area contributed by atoms with Crippen LogP contribution in [0, 0.1) is 6.92 Å². The number of aromatic nitrogens is 1. The van der Waals surface area contributed by atoms with E-state index < -0.39 is 5.91 Å². The van der Waals surface area contributed by atoms with Crippen LogP contribution in [0.2, 0.25) is 5.02 Å². The molecule has 0 bridgehead atoms. The summed E-state index contributed by atoms with van der Waals surface area (Å²) in [5.74, 6) is -0.518. The maximum absolute atomic E-state index is 12.0. The molecule has 6 heteroatoms. The molecule has 0 radical (unpaired) electrons. The van der Waals surface area contributed by atoms with E-state index in [2.05, 4.69) is 10.3 Å². The molecular weight excluding hydrogens is 266 g/mol. The van der Waals surface area contributed by atoms with Gasteiger partial charge in [0.1, 0.15) is 5.56 Å². The van der Waals surface area contributed by atoms with Crippen LogP contribution in [0.4, 0.5) is 11.4 Å². The first-order valence-electron chi connectivity index (χ1n) is 5.53. The molecule has 0 atom stereocenters. The fourth-order valence-corrected chi connectivity index (χ4v) is 1.77. The van der Waals surface area contributed by atoms with Crippen molar-refractivity contribution in [2.24, 2.45) is 0 Å². The van der Waals surface area contributed by atoms with Crippen LogP contribution in [0.1, 0.15) is 16.1 Å². The molecule has 1 amide bonds. The van der Waals surface area contributed by atoms with Gasteiger partial charge in [-0.3, -0.25) is 9.59 Å². The van der Waals surface area contributed by atoms with Crippen LogP contribution in [0.5, 0.6) is 0 Å². The lowest BCUT2D eigenvalue weighted by Crippen LogP contribution is -2.22. The molecule has 2 aromatic rings. The van der Waals surface area contributed by atoms with Crippen LogP contribution in [0.15, 0.2) is 35.3 Å². The molecule has 5 nitrogen and oxygen atoms in total. The number of nitrogen functional groups attached to an aromatic ring is 1. The number of nitrogens with one attached hydrogen (secondary N) is 2. The van der Waals surface area contributed by atoms with Crippen molar-refractivity contribution in [3.63, 3.8) is 0 Å². The minimum absolute atomic E-state index is 0.0277. The molecule has 0 saturated heterocycles. The Morgan fingerprint density at radius 3 is 2.74 bits per heavy atom. The quantitative estimate of drug-likeness (QED) is 0.735. The third-order valence-corrected chi connectivity index (χ3v) is 2.80. The van der Waals surface area contributed by atoms with Crippen LogP contribution in [0.3, 0.4) is 0 Å². The van der Waals surface area contributed by atoms with Gasteiger partial charge in [0.15, 0.2) is 5.43 Å². The molecule has 0 saturated carbocycles. The number of H-pyrrole nitrogens is 1. The maximum Gasteiger partial charge on any atom is 0.261 e. The zero-order chi connectivity index (χ0) is 14.0. The Kier molecular flexibility index (Phi) is 3.57. The fraction of sp³-hybridized carbons (Fsp3) is 0.0769. The third kappa shape index (κ3) is 2.95. The SMILES string of the molecule is Cc1cc(=O)c(C(=O)Nc2ccc(Cl)cc2N)c[nH]1. The number of hydrogen-bond donors (Lipinski definition) is 3. The number of carbonyl (C=O) groups is 1. The summed E-state index contributed by atoms with van der Waals surface area (Å²) in [5, 5.41) is 3.05. The average molecular weight is 278 g/mol. The standard InChI is InChI=1S/C13H12ClN3O2/c1-7-4-12(18)9(6-16-7)13(19)17-11-3-2-8(14)5-10(11)15/h2-6H,15H2,1H3,(H,16,18)(H,17,19). The lowest BCUT2D eigenvalue weighted by Gasteiger charge is -2.08. The van der Waals surface area contributed by atoms with Gasteiger partial charge in [0.05, 0.1) is 11.4 Å². The van der Waals surface area contributed by atoms with E-state index >= 15 is 0 Å². The first kappa shape index (κ1) is 13.2. The van der Waals surface area contributed by atoms with Crippen molar-refractivity contribution < 1.29 is 4.79 Å². The zero-order valence-corrected chi connectivity index (χ0v) is 10.9. The molecule has 4 N–H and O–H groups in total. The van der Waals surface area contributed by atoms with Crippen molar-refractivity contribution in [3.8, 4) is 0 Å². The van der Waals surface area contributed by atoms with Crippen molar-refractivity contribution in [1.29, 1.82) is 0 Å². The van der Waals surface area contributed by atoms with Crippen LogP contribution in [0.25, 0.3) is 0 Å². The molecule has 0 aliphatic heterocycles. The number of aryl methyl sites for hydroxylation is 1. The van der Waals surface area contributed by atoms with Crippen molar-refractivity contribution >= 4 is 28.9 Å². The van der Waals surface area contributed by atoms with E-state index in [4.69, 9.17) is 17.3 Å². The third-order valence-electron chi connectivity index (χ3n) is 2.56. The molecule has 0 aliphatic carbocycles. The molecule has 19 heavy (non-hydrogen) atoms. The van der Waals surface area contributed by atoms with Gasteiger partial charge in [0.2, 0.25) is 0 Å². The normalized spacial score (nSPS) is 10.2. The molecule has 1 aromatic carbocycles. The van der Waals surface area contributed by atoms with Crippen LogP contribution in [-0.2, 0) is 0 Å². The summed E-state index contributed by atoms with van der Waals surface area (Å²) in [7, 11) is 0. The largest absolute Gasteiger partial charge is 0.397 e. The second-order valence-corrected chi connectivity index (χ2v) is 4.52. The lowest BCUT2D eigenvalue weighted by atomic mass is 10.2. The molecule has 1 heterocycles. The van der Waals surface area contributed by atoms with Gasteiger partial charge in [-0.15, -0.1) is 0 Å². The van der Waals surface area contributed by atoms with E-state index in [0.717, 1.165) is 0 Å². The first-order valence-corrected chi connectivity index (χ1v) is 5.91. The van der Waals surface area contributed by atoms with Crippen LogP contribution >= 0.6 is 11.6 Å². The fourth-order valence-electron chi connectivity index (χ4n) is 1.59. The van der Waals surface area contributed by atoms with E-state index in [1.54, 1.807) is 19.1 Å². The maximum atomic E-state index is 12.0. The summed E-state index contributed by atoms with van der Waals surface area (Å²) in [4.78, 5) is 26.5. The highest BCUT2D eigenvalue weighted by atomic mass is 35.5. The van der Waals surface area contributed by atoms with Gasteiger partial charge in [0.25, 0.3) is 5.91 Å². The first-order chi connectivity index (χ1) is 8.97. The molecule has 0 aliphatic rings. The second kappa shape index (κ2) is 5.16. The monoisotopic (exact) mass is 277 g/mol. The highest BCUT2D eigenvalue weighted by molar-refractivity contribution is 6.31. The summed E-state index contributed by atoms with van der Waals surface area (Å²) in [6.07, 6.45) is 1.37. The number of rotatable bonds is 2. The van der Waals surface area contributed by atoms with E-state index in [1.807, 2.05) is 0 Å². The topological polar surface area (TPSA) is 88.0 Å². The Morgan fingerprint density at radius 2 is 2.11 bits per heavy atom. The summed E-state index contributed by atoms with van der Waals surface area (Å²) in [6.45, 7) is 1.74. The lowest BCUT2D eigenvalue weighted by molar-refractivity contribution is 0.102. The van der Waals surface area contributed by atoms with Crippen LogP contribution in [-0.4, -0.2) is 10.9 Å². The van der Waals surface area contributed by atoms with Crippen molar-refractivity contribution in [2.45, 2.75) is 6.92 Å². The summed E-state index contributed by atoms with van der Waals surface area (Å²) >= 11 is 5.77. The van der Waals surface area contributed by atoms with Gasteiger partial charge in [-0.1, -0.05) is 11.6 Å². The van der Waals surface area contributed by atoms with Gasteiger partial charge >= 0.3 is 0 Å². The number of pyridine rings is 1. The number of aromatic amines is 1. The number of anilines is 2. The van der Waals surface area contributed by atoms with E-state index in [-0.39, 0.29) is 11.0 Å². The highest BCUT2D eigenvalue weighted by Crippen LogP contribution is 2.22. The predicted molar refractivity (Wildman–Crippen MR) is 75.6 cm³/mol. The minimum Gasteiger partial charge on any atom is -0.397 e. The predicted octanol–water partition coefficient (Wildman–Crippen LogP) is 2.17. The van der Waals surface area contributed by atoms with Gasteiger partial charge < -0.3 is 16.0 Å². The van der Waals surface area contributed by atoms with Crippen LogP contribution < -0.4 is 16.5 Å². The average Bonchev–Trinajstić information content (AvgIpc) is 2.32. The van der Waals surface area contributed by atoms with Crippen molar-refractivity contribution in [3.05, 3.63) is 57.0 Å². The number of nitrogens with two attached hydrogens (primary N) is 1. The van der Waals surface area contributed by atoms with Gasteiger partial charge in [-0.05, 0) is 25.1 Å². The minimum atomic E-state index is -0.518. The molecule has 0 unspecified atom stereocenters. The molecular formula is C13H12ClN3O2. The molecule has 98 valence electrons. The van der Waals surface area contributed by atoms with E-state index in [1.165, 1.54) is 18.3 Å². The smallest absolute Gasteiger partial charge is 0.261 e. The number of benzene rings is 1. The Labute approximate surface area is 114 Å². The Morgan fingerprint density at radius 1 is 1.37 bits per heavy atom. The number of hydrogen-bond acceptors (Lipinski definition) is 3. The Hall–Kier alpha value is -2.27. The Balaban J connectivity index is 2.28. The summed E-state index contributed by atoms with van der Waals surface area (Å²) in [6, 6.07) is 6.07. The molecule has 1 aromatic heterocycles. The summed E-state index contributed by atoms with van der Waals surface area (Å²) in [5.41, 5.74) is 6.84. The van der Waals surface area contributed by atoms with Crippen molar-refractivity contribution in [1.82, 2.24) is 4.98 Å². The van der Waals surface area contributed by atoms with Gasteiger partial charge in [-0.25, -0.2) is 0 Å². The zero-order valence-electron chi connectivity index (χ0n) is 10.2. The van der Waals surface area contributed by atoms with E-state index in [9.17, 15) is 9.59 Å².